The highest BCUT2D eigenvalue weighted by molar-refractivity contribution is 7.80. The van der Waals surface area contributed by atoms with E-state index in [1.165, 1.54) is 0 Å². The molecular weight excluding hydrogens is 228 g/mol. The summed E-state index contributed by atoms with van der Waals surface area (Å²) in [7, 11) is 0. The number of hydrogen-bond acceptors (Lipinski definition) is 3. The van der Waals surface area contributed by atoms with E-state index >= 15 is 0 Å². The van der Waals surface area contributed by atoms with Crippen molar-refractivity contribution in [3.8, 4) is 0 Å². The molecule has 0 spiro atoms. The number of nitrogens with zero attached hydrogens (tertiary/aromatic N) is 1. The molecule has 0 aliphatic carbocycles. The van der Waals surface area contributed by atoms with Crippen LogP contribution < -0.4 is 16.4 Å². The highest BCUT2D eigenvalue weighted by atomic mass is 32.1. The van der Waals surface area contributed by atoms with E-state index in [4.69, 9.17) is 5.73 Å². The van der Waals surface area contributed by atoms with Crippen LogP contribution in [0.5, 0.6) is 0 Å². The number of rotatable bonds is 2. The van der Waals surface area contributed by atoms with Crippen molar-refractivity contribution >= 4 is 29.1 Å². The number of hydrogen-bond donors (Lipinski definition) is 3. The standard InChI is InChI=1S/C9H14N4O2S/c10-9(16)11-4-5-8(15)13-3-1-2-6(13)7(14)12-5/h5-6H,1-4H2,(H,12,14)(H3,10,11,16)/t5-,6-/m0/s1. The molecule has 4 N–H and O–H groups in total. The van der Waals surface area contributed by atoms with Crippen LogP contribution in [0.1, 0.15) is 12.8 Å². The number of carbonyl (C=O) groups is 2. The van der Waals surface area contributed by atoms with Crippen molar-refractivity contribution in [1.82, 2.24) is 15.5 Å². The molecule has 2 saturated heterocycles. The number of thiocarbonyl (C=S) groups is 1. The Labute approximate surface area is 98.5 Å². The Kier molecular flexibility index (Phi) is 2.95. The Morgan fingerprint density at radius 1 is 1.62 bits per heavy atom. The average molecular weight is 242 g/mol. The Hall–Kier alpha value is -1.37. The first-order chi connectivity index (χ1) is 7.59. The highest BCUT2D eigenvalue weighted by Crippen LogP contribution is 2.21. The van der Waals surface area contributed by atoms with E-state index in [-0.39, 0.29) is 29.5 Å². The monoisotopic (exact) mass is 242 g/mol. The molecule has 2 amide bonds. The first kappa shape index (κ1) is 11.1. The number of fused-ring (bicyclic) bond motifs is 1. The van der Waals surface area contributed by atoms with Crippen molar-refractivity contribution in [3.63, 3.8) is 0 Å². The molecule has 0 unspecified atom stereocenters. The largest absolute Gasteiger partial charge is 0.376 e. The van der Waals surface area contributed by atoms with Crippen LogP contribution >= 0.6 is 12.2 Å². The quantitative estimate of drug-likeness (QED) is 0.503. The van der Waals surface area contributed by atoms with Crippen molar-refractivity contribution in [3.05, 3.63) is 0 Å². The van der Waals surface area contributed by atoms with Gasteiger partial charge in [-0.2, -0.15) is 0 Å². The lowest BCUT2D eigenvalue weighted by Gasteiger charge is -2.34. The number of nitrogens with two attached hydrogens (primary N) is 1. The van der Waals surface area contributed by atoms with Crippen molar-refractivity contribution in [2.75, 3.05) is 13.1 Å². The van der Waals surface area contributed by atoms with Gasteiger partial charge in [-0.3, -0.25) is 9.59 Å². The maximum atomic E-state index is 12.0. The molecule has 2 aliphatic heterocycles. The van der Waals surface area contributed by atoms with Crippen LogP contribution in [-0.4, -0.2) is 47.0 Å². The van der Waals surface area contributed by atoms with Crippen LogP contribution in [-0.2, 0) is 9.59 Å². The molecular formula is C9H14N4O2S. The zero-order valence-electron chi connectivity index (χ0n) is 8.73. The highest BCUT2D eigenvalue weighted by Gasteiger charge is 2.42. The number of nitrogens with one attached hydrogen (secondary N) is 2. The Balaban J connectivity index is 2.02. The van der Waals surface area contributed by atoms with Crippen LogP contribution in [0.15, 0.2) is 0 Å². The maximum Gasteiger partial charge on any atom is 0.247 e. The molecule has 2 aliphatic rings. The second-order valence-electron chi connectivity index (χ2n) is 4.00. The summed E-state index contributed by atoms with van der Waals surface area (Å²) < 4.78 is 0. The minimum atomic E-state index is -0.552. The number of carbonyl (C=O) groups excluding carboxylic acids is 2. The third-order valence-electron chi connectivity index (χ3n) is 2.93. The third-order valence-corrected chi connectivity index (χ3v) is 3.08. The van der Waals surface area contributed by atoms with Gasteiger partial charge in [-0.05, 0) is 25.1 Å². The zero-order chi connectivity index (χ0) is 11.7. The van der Waals surface area contributed by atoms with Gasteiger partial charge < -0.3 is 21.3 Å². The molecule has 16 heavy (non-hydrogen) atoms. The van der Waals surface area contributed by atoms with E-state index < -0.39 is 6.04 Å². The van der Waals surface area contributed by atoms with Gasteiger partial charge >= 0.3 is 0 Å². The number of piperazine rings is 1. The molecule has 88 valence electrons. The van der Waals surface area contributed by atoms with Crippen LogP contribution in [0.3, 0.4) is 0 Å². The summed E-state index contributed by atoms with van der Waals surface area (Å²) >= 11 is 4.65. The molecule has 2 atom stereocenters. The Morgan fingerprint density at radius 3 is 3.06 bits per heavy atom. The van der Waals surface area contributed by atoms with Crippen LogP contribution in [0, 0.1) is 0 Å². The maximum absolute atomic E-state index is 12.0. The van der Waals surface area contributed by atoms with E-state index in [0.29, 0.717) is 6.54 Å². The first-order valence-electron chi connectivity index (χ1n) is 5.24. The summed E-state index contributed by atoms with van der Waals surface area (Å²) in [6.45, 7) is 0.920. The minimum Gasteiger partial charge on any atom is -0.376 e. The zero-order valence-corrected chi connectivity index (χ0v) is 9.55. The van der Waals surface area contributed by atoms with Gasteiger partial charge in [0, 0.05) is 13.1 Å². The minimum absolute atomic E-state index is 0.0501. The van der Waals surface area contributed by atoms with Gasteiger partial charge in [-0.25, -0.2) is 0 Å². The third kappa shape index (κ3) is 1.95. The molecule has 0 aromatic carbocycles. The lowest BCUT2D eigenvalue weighted by atomic mass is 10.1. The fraction of sp³-hybridized carbons (Fsp3) is 0.667. The Bertz CT molecular complexity index is 346. The van der Waals surface area contributed by atoms with Crippen LogP contribution in [0.4, 0.5) is 0 Å². The van der Waals surface area contributed by atoms with E-state index in [2.05, 4.69) is 22.9 Å². The SMILES string of the molecule is NC(=S)NC[C@@H]1NC(=O)[C@@H]2CCCN2C1=O. The molecule has 2 rings (SSSR count). The second-order valence-corrected chi connectivity index (χ2v) is 4.44. The van der Waals surface area contributed by atoms with Crippen molar-refractivity contribution in [1.29, 1.82) is 0 Å². The van der Waals surface area contributed by atoms with Gasteiger partial charge in [0.2, 0.25) is 11.8 Å². The fourth-order valence-electron chi connectivity index (χ4n) is 2.17. The lowest BCUT2D eigenvalue weighted by molar-refractivity contribution is -0.146. The summed E-state index contributed by atoms with van der Waals surface area (Å²) in [6, 6.07) is -0.822. The predicted molar refractivity (Wildman–Crippen MR) is 61.5 cm³/mol. The van der Waals surface area contributed by atoms with Crippen molar-refractivity contribution < 1.29 is 9.59 Å². The molecule has 0 bridgehead atoms. The van der Waals surface area contributed by atoms with Gasteiger partial charge in [0.05, 0.1) is 0 Å². The molecule has 7 heteroatoms. The summed E-state index contributed by atoms with van der Waals surface area (Å²) in [4.78, 5) is 25.3. The Morgan fingerprint density at radius 2 is 2.38 bits per heavy atom. The van der Waals surface area contributed by atoms with Gasteiger partial charge in [0.1, 0.15) is 12.1 Å². The lowest BCUT2D eigenvalue weighted by Crippen LogP contribution is -2.63. The molecule has 2 heterocycles. The molecule has 6 nitrogen and oxygen atoms in total. The van der Waals surface area contributed by atoms with Gasteiger partial charge in [0.25, 0.3) is 0 Å². The molecule has 0 radical (unpaired) electrons. The molecule has 0 aromatic rings. The van der Waals surface area contributed by atoms with Gasteiger partial charge in [-0.15, -0.1) is 0 Å². The first-order valence-corrected chi connectivity index (χ1v) is 5.64. The van der Waals surface area contributed by atoms with Crippen molar-refractivity contribution in [2.24, 2.45) is 5.73 Å². The molecule has 0 aromatic heterocycles. The van der Waals surface area contributed by atoms with E-state index in [1.54, 1.807) is 4.90 Å². The van der Waals surface area contributed by atoms with E-state index in [0.717, 1.165) is 12.8 Å². The smallest absolute Gasteiger partial charge is 0.247 e. The molecule has 2 fully saturated rings. The average Bonchev–Trinajstić information content (AvgIpc) is 2.70. The van der Waals surface area contributed by atoms with Crippen molar-refractivity contribution in [2.45, 2.75) is 24.9 Å². The fourth-order valence-corrected chi connectivity index (χ4v) is 2.26. The summed E-state index contributed by atoms with van der Waals surface area (Å²) in [5, 5.41) is 5.51. The van der Waals surface area contributed by atoms with E-state index in [1.807, 2.05) is 0 Å². The predicted octanol–water partition coefficient (Wildman–Crippen LogP) is -1.69. The molecule has 0 saturated carbocycles. The van der Waals surface area contributed by atoms with Gasteiger partial charge in [0.15, 0.2) is 5.11 Å². The van der Waals surface area contributed by atoms with Crippen LogP contribution in [0.2, 0.25) is 0 Å². The second kappa shape index (κ2) is 4.25. The summed E-state index contributed by atoms with van der Waals surface area (Å²) in [5.74, 6) is -0.127. The van der Waals surface area contributed by atoms with Gasteiger partial charge in [-0.1, -0.05) is 0 Å². The summed E-state index contributed by atoms with van der Waals surface area (Å²) in [5.41, 5.74) is 5.28. The topological polar surface area (TPSA) is 87.5 Å². The van der Waals surface area contributed by atoms with Crippen LogP contribution in [0.25, 0.3) is 0 Å². The normalized spacial score (nSPS) is 28.6. The number of amides is 2. The summed E-state index contributed by atoms with van der Waals surface area (Å²) in [6.07, 6.45) is 1.65. The van der Waals surface area contributed by atoms with E-state index in [9.17, 15) is 9.59 Å².